The van der Waals surface area contributed by atoms with Crippen molar-refractivity contribution in [2.75, 3.05) is 87.4 Å². The number of sulfonamides is 1. The fourth-order valence-electron chi connectivity index (χ4n) is 10.0. The van der Waals surface area contributed by atoms with Gasteiger partial charge in [0.05, 0.1) is 53.5 Å². The van der Waals surface area contributed by atoms with Gasteiger partial charge in [-0.25, -0.2) is 21.9 Å². The molecule has 10 rings (SSSR count). The molecular weight excluding hydrogens is 910 g/mol. The molecule has 5 aromatic rings. The fourth-order valence-corrected chi connectivity index (χ4v) is 11.1. The number of nitro benzene ring substituents is 1. The molecule has 1 unspecified atom stereocenters. The van der Waals surface area contributed by atoms with Gasteiger partial charge in [0.15, 0.2) is 5.82 Å². The largest absolute Gasteiger partial charge is 0.474 e. The van der Waals surface area contributed by atoms with Crippen LogP contribution in [0.3, 0.4) is 0 Å². The van der Waals surface area contributed by atoms with E-state index >= 15 is 8.78 Å². The fraction of sp³-hybridized carbons (Fsp3) is 0.404. The van der Waals surface area contributed by atoms with Crippen LogP contribution in [-0.4, -0.2) is 112 Å². The van der Waals surface area contributed by atoms with Crippen LogP contribution in [-0.2, 0) is 19.5 Å². The molecule has 5 aliphatic rings. The van der Waals surface area contributed by atoms with E-state index in [1.165, 1.54) is 48.5 Å². The number of nitrogens with one attached hydrogen (secondary N) is 3. The van der Waals surface area contributed by atoms with Gasteiger partial charge in [0.2, 0.25) is 5.88 Å². The van der Waals surface area contributed by atoms with Crippen LogP contribution in [0.5, 0.6) is 5.88 Å². The van der Waals surface area contributed by atoms with Crippen molar-refractivity contribution in [3.63, 3.8) is 0 Å². The standard InChI is InChI=1S/C47H49ClF2N8O8S/c48-32-4-2-29(3-5-32)36-25-47(8-1-9-47)10-6-31(36)27-55-12-14-56(15-13-55)33-21-37(49)42(39(22-33)57-16-17-66-46-41(57)20-30-7-11-51-44(30)53-46)45(59)54-67(62,63)35-23-38(50)43(40(24-35)58(60)61)52-26-34-28-64-18-19-65-34/h2-5,7,11,20-24,34,52H,1,6,8-10,12-19,25-28H2,(H,51,53)(H,54,59). The van der Waals surface area contributed by atoms with E-state index in [-0.39, 0.29) is 44.5 Å². The second kappa shape index (κ2) is 18.3. The summed E-state index contributed by atoms with van der Waals surface area (Å²) in [5, 5.41) is 16.2. The van der Waals surface area contributed by atoms with Crippen molar-refractivity contribution in [1.29, 1.82) is 0 Å². The number of nitro groups is 1. The van der Waals surface area contributed by atoms with Gasteiger partial charge in [-0.2, -0.15) is 4.98 Å². The summed E-state index contributed by atoms with van der Waals surface area (Å²) in [6.45, 7) is 4.32. The maximum Gasteiger partial charge on any atom is 0.296 e. The maximum atomic E-state index is 16.9. The molecule has 5 heterocycles. The molecule has 0 bridgehead atoms. The van der Waals surface area contributed by atoms with Crippen LogP contribution >= 0.6 is 11.6 Å². The minimum Gasteiger partial charge on any atom is -0.474 e. The van der Waals surface area contributed by atoms with E-state index in [4.69, 9.17) is 25.8 Å². The Morgan fingerprint density at radius 1 is 0.970 bits per heavy atom. The van der Waals surface area contributed by atoms with Gasteiger partial charge >= 0.3 is 0 Å². The first-order chi connectivity index (χ1) is 32.3. The summed E-state index contributed by atoms with van der Waals surface area (Å²) in [6.07, 6.45) is 8.27. The van der Waals surface area contributed by atoms with Gasteiger partial charge in [0, 0.05) is 67.6 Å². The number of carbonyl (C=O) groups is 1. The predicted molar refractivity (Wildman–Crippen MR) is 249 cm³/mol. The predicted octanol–water partition coefficient (Wildman–Crippen LogP) is 7.81. The van der Waals surface area contributed by atoms with E-state index in [2.05, 4.69) is 32.3 Å². The van der Waals surface area contributed by atoms with Gasteiger partial charge in [0.25, 0.3) is 21.6 Å². The van der Waals surface area contributed by atoms with Crippen LogP contribution in [0.4, 0.5) is 37.2 Å². The zero-order valence-corrected chi connectivity index (χ0v) is 38.1. The Kier molecular flexibility index (Phi) is 12.3. The highest BCUT2D eigenvalue weighted by Gasteiger charge is 2.41. The molecule has 16 nitrogen and oxygen atoms in total. The average Bonchev–Trinajstić information content (AvgIpc) is 3.77. The van der Waals surface area contributed by atoms with E-state index in [1.54, 1.807) is 29.3 Å². The van der Waals surface area contributed by atoms with Crippen molar-refractivity contribution in [1.82, 2.24) is 19.6 Å². The van der Waals surface area contributed by atoms with E-state index in [1.807, 2.05) is 21.8 Å². The smallest absolute Gasteiger partial charge is 0.296 e. The number of rotatable bonds is 12. The molecular formula is C47H49ClF2N8O8S. The number of halogens is 3. The molecule has 20 heteroatoms. The average molecular weight is 959 g/mol. The second-order valence-corrected chi connectivity index (χ2v) is 20.0. The van der Waals surface area contributed by atoms with Crippen LogP contribution < -0.4 is 24.6 Å². The van der Waals surface area contributed by atoms with Crippen LogP contribution in [0.15, 0.2) is 77.3 Å². The third-order valence-corrected chi connectivity index (χ3v) is 15.3. The van der Waals surface area contributed by atoms with E-state index in [0.717, 1.165) is 19.4 Å². The molecule has 1 amide bonds. The maximum absolute atomic E-state index is 16.9. The summed E-state index contributed by atoms with van der Waals surface area (Å²) in [6, 6.07) is 15.8. The summed E-state index contributed by atoms with van der Waals surface area (Å²) < 4.78 is 78.9. The number of fused-ring (bicyclic) bond motifs is 2. The Labute approximate surface area is 390 Å². The number of nitrogens with zero attached hydrogens (tertiary/aromatic N) is 5. The van der Waals surface area contributed by atoms with E-state index < -0.39 is 60.4 Å². The van der Waals surface area contributed by atoms with Crippen molar-refractivity contribution in [2.45, 2.75) is 49.5 Å². The number of allylic oxidation sites excluding steroid dienone is 1. The molecule has 2 aromatic heterocycles. The molecule has 3 aromatic carbocycles. The molecule has 3 aliphatic heterocycles. The molecule has 1 atom stereocenters. The lowest BCUT2D eigenvalue weighted by Gasteiger charge is -2.47. The number of aromatic nitrogens is 2. The number of pyridine rings is 1. The zero-order chi connectivity index (χ0) is 46.5. The Hall–Kier alpha value is -5.86. The molecule has 2 aliphatic carbocycles. The third kappa shape index (κ3) is 9.14. The van der Waals surface area contributed by atoms with Crippen molar-refractivity contribution in [3.8, 4) is 5.88 Å². The first kappa shape index (κ1) is 44.9. The Morgan fingerprint density at radius 3 is 2.51 bits per heavy atom. The highest BCUT2D eigenvalue weighted by atomic mass is 35.5. The number of piperazine rings is 1. The van der Waals surface area contributed by atoms with Gasteiger partial charge in [-0.3, -0.25) is 19.8 Å². The summed E-state index contributed by atoms with van der Waals surface area (Å²) in [5.74, 6) is -3.42. The van der Waals surface area contributed by atoms with E-state index in [0.29, 0.717) is 77.8 Å². The summed E-state index contributed by atoms with van der Waals surface area (Å²) in [7, 11) is -5.03. The summed E-state index contributed by atoms with van der Waals surface area (Å²) >= 11 is 6.28. The van der Waals surface area contributed by atoms with Crippen LogP contribution in [0.25, 0.3) is 16.6 Å². The van der Waals surface area contributed by atoms with Crippen LogP contribution in [0.1, 0.15) is 54.4 Å². The molecule has 352 valence electrons. The molecule has 0 radical (unpaired) electrons. The van der Waals surface area contributed by atoms with Crippen LogP contribution in [0, 0.1) is 27.2 Å². The number of hydrogen-bond donors (Lipinski definition) is 3. The number of benzene rings is 3. The summed E-state index contributed by atoms with van der Waals surface area (Å²) in [4.78, 5) is 38.3. The number of aromatic amines is 1. The summed E-state index contributed by atoms with van der Waals surface area (Å²) in [5.41, 5.74) is 3.88. The number of amides is 1. The lowest BCUT2D eigenvalue weighted by Crippen LogP contribution is -2.47. The Bertz CT molecular complexity index is 2880. The van der Waals surface area contributed by atoms with Crippen molar-refractivity contribution in [3.05, 3.63) is 110 Å². The molecule has 3 fully saturated rings. The number of hydrogen-bond acceptors (Lipinski definition) is 13. The highest BCUT2D eigenvalue weighted by molar-refractivity contribution is 7.90. The van der Waals surface area contributed by atoms with Crippen molar-refractivity contribution >= 4 is 72.6 Å². The first-order valence-corrected chi connectivity index (χ1v) is 24.3. The quantitative estimate of drug-likeness (QED) is 0.0814. The molecule has 1 saturated carbocycles. The Balaban J connectivity index is 0.933. The van der Waals surface area contributed by atoms with Gasteiger partial charge in [0.1, 0.15) is 29.4 Å². The van der Waals surface area contributed by atoms with E-state index in [9.17, 15) is 23.3 Å². The minimum atomic E-state index is -5.03. The van der Waals surface area contributed by atoms with Crippen LogP contribution in [0.2, 0.25) is 5.02 Å². The molecule has 2 saturated heterocycles. The van der Waals surface area contributed by atoms with Gasteiger partial charge in [-0.1, -0.05) is 35.7 Å². The van der Waals surface area contributed by atoms with Crippen molar-refractivity contribution < 1.29 is 41.1 Å². The van der Waals surface area contributed by atoms with Gasteiger partial charge < -0.3 is 34.3 Å². The Morgan fingerprint density at radius 2 is 1.78 bits per heavy atom. The normalized spacial score (nSPS) is 19.8. The third-order valence-electron chi connectivity index (χ3n) is 13.8. The number of H-pyrrole nitrogens is 1. The number of ether oxygens (including phenoxy) is 3. The highest BCUT2D eigenvalue weighted by Crippen LogP contribution is 2.55. The molecule has 3 N–H and O–H groups in total. The minimum absolute atomic E-state index is 0.0434. The number of carbonyl (C=O) groups excluding carboxylic acids is 1. The molecule has 67 heavy (non-hydrogen) atoms. The SMILES string of the molecule is O=C(NS(=O)(=O)c1cc(F)c(NCC2COCCO2)c([N+](=O)[O-])c1)c1c(F)cc(N2CCN(CC3=C(c4ccc(Cl)cc4)CC4(CCC4)CC3)CC2)cc1N1CCOc2nc3[nH]ccc3cc21. The van der Waals surface area contributed by atoms with Gasteiger partial charge in [-0.15, -0.1) is 0 Å². The van der Waals surface area contributed by atoms with Gasteiger partial charge in [-0.05, 0) is 91.1 Å². The monoisotopic (exact) mass is 958 g/mol. The zero-order valence-electron chi connectivity index (χ0n) is 36.5. The lowest BCUT2D eigenvalue weighted by atomic mass is 9.59. The first-order valence-electron chi connectivity index (χ1n) is 22.5. The second-order valence-electron chi connectivity index (χ2n) is 17.9. The lowest BCUT2D eigenvalue weighted by molar-refractivity contribution is -0.384. The number of anilines is 4. The molecule has 1 spiro atoms. The topological polar surface area (TPSA) is 185 Å². The van der Waals surface area contributed by atoms with Crippen molar-refractivity contribution in [2.24, 2.45) is 5.41 Å².